The SMILES string of the molecule is CC(CNC(=O)c1cnc(N)c(Cl)c1)c1nccs1. The first-order valence-corrected chi connectivity index (χ1v) is 6.92. The van der Waals surface area contributed by atoms with Crippen molar-refractivity contribution in [2.75, 3.05) is 12.3 Å². The third-order valence-electron chi connectivity index (χ3n) is 2.57. The number of hydrogen-bond donors (Lipinski definition) is 2. The average molecular weight is 297 g/mol. The van der Waals surface area contributed by atoms with Crippen LogP contribution in [0.2, 0.25) is 5.02 Å². The number of nitrogen functional groups attached to an aromatic ring is 1. The molecule has 0 fully saturated rings. The van der Waals surface area contributed by atoms with Gasteiger partial charge in [-0.05, 0) is 6.07 Å². The smallest absolute Gasteiger partial charge is 0.252 e. The Bertz CT molecular complexity index is 573. The Morgan fingerprint density at radius 1 is 1.58 bits per heavy atom. The van der Waals surface area contributed by atoms with Gasteiger partial charge in [0.1, 0.15) is 5.82 Å². The molecule has 0 spiro atoms. The van der Waals surface area contributed by atoms with Crippen molar-refractivity contribution in [3.8, 4) is 0 Å². The highest BCUT2D eigenvalue weighted by molar-refractivity contribution is 7.09. The van der Waals surface area contributed by atoms with Gasteiger partial charge < -0.3 is 11.1 Å². The number of carbonyl (C=O) groups excluding carboxylic acids is 1. The van der Waals surface area contributed by atoms with Crippen LogP contribution in [0.1, 0.15) is 28.2 Å². The Hall–Kier alpha value is -1.66. The molecule has 0 saturated heterocycles. The van der Waals surface area contributed by atoms with Crippen LogP contribution in [0.4, 0.5) is 5.82 Å². The van der Waals surface area contributed by atoms with Crippen LogP contribution >= 0.6 is 22.9 Å². The lowest BCUT2D eigenvalue weighted by Crippen LogP contribution is -2.27. The molecule has 0 aliphatic heterocycles. The molecule has 0 aromatic carbocycles. The molecule has 3 N–H and O–H groups in total. The van der Waals surface area contributed by atoms with E-state index in [1.54, 1.807) is 17.5 Å². The Kier molecular flexibility index (Phi) is 4.34. The van der Waals surface area contributed by atoms with Gasteiger partial charge in [-0.25, -0.2) is 9.97 Å². The summed E-state index contributed by atoms with van der Waals surface area (Å²) in [5, 5.41) is 6.01. The van der Waals surface area contributed by atoms with E-state index in [4.69, 9.17) is 17.3 Å². The van der Waals surface area contributed by atoms with Crippen LogP contribution in [-0.2, 0) is 0 Å². The fraction of sp³-hybridized carbons (Fsp3) is 0.250. The van der Waals surface area contributed by atoms with Crippen LogP contribution in [0.25, 0.3) is 0 Å². The highest BCUT2D eigenvalue weighted by Gasteiger charge is 2.12. The van der Waals surface area contributed by atoms with Gasteiger partial charge in [0.25, 0.3) is 5.91 Å². The van der Waals surface area contributed by atoms with E-state index >= 15 is 0 Å². The zero-order valence-corrected chi connectivity index (χ0v) is 11.8. The predicted molar refractivity (Wildman–Crippen MR) is 76.5 cm³/mol. The second kappa shape index (κ2) is 5.99. The molecule has 0 radical (unpaired) electrons. The standard InChI is InChI=1S/C12H13ClN4OS/c1-7(12-15-2-3-19-12)5-17-11(18)8-4-9(13)10(14)16-6-8/h2-4,6-7H,5H2,1H3,(H2,14,16)(H,17,18). The monoisotopic (exact) mass is 296 g/mol. The van der Waals surface area contributed by atoms with Crippen molar-refractivity contribution in [3.63, 3.8) is 0 Å². The Morgan fingerprint density at radius 3 is 3.00 bits per heavy atom. The highest BCUT2D eigenvalue weighted by Crippen LogP contribution is 2.18. The minimum atomic E-state index is -0.224. The van der Waals surface area contributed by atoms with E-state index in [0.717, 1.165) is 5.01 Å². The van der Waals surface area contributed by atoms with Crippen LogP contribution in [0, 0.1) is 0 Å². The number of carbonyl (C=O) groups is 1. The van der Waals surface area contributed by atoms with E-state index in [9.17, 15) is 4.79 Å². The van der Waals surface area contributed by atoms with E-state index in [2.05, 4.69) is 15.3 Å². The second-order valence-electron chi connectivity index (χ2n) is 4.07. The first-order chi connectivity index (χ1) is 9.08. The number of anilines is 1. The number of nitrogens with one attached hydrogen (secondary N) is 1. The first kappa shape index (κ1) is 13.8. The maximum absolute atomic E-state index is 11.9. The molecule has 2 heterocycles. The van der Waals surface area contributed by atoms with Gasteiger partial charge in [-0.2, -0.15) is 0 Å². The van der Waals surface area contributed by atoms with Crippen LogP contribution in [0.15, 0.2) is 23.8 Å². The van der Waals surface area contributed by atoms with Crippen molar-refractivity contribution < 1.29 is 4.79 Å². The van der Waals surface area contributed by atoms with Gasteiger partial charge in [0.15, 0.2) is 0 Å². The zero-order valence-electron chi connectivity index (χ0n) is 10.3. The molecule has 0 bridgehead atoms. The summed E-state index contributed by atoms with van der Waals surface area (Å²) in [6.07, 6.45) is 3.16. The number of amides is 1. The summed E-state index contributed by atoms with van der Waals surface area (Å²) in [6.45, 7) is 2.52. The van der Waals surface area contributed by atoms with Crippen LogP contribution in [-0.4, -0.2) is 22.4 Å². The Labute approximate surface area is 119 Å². The molecular formula is C12H13ClN4OS. The number of halogens is 1. The summed E-state index contributed by atoms with van der Waals surface area (Å²) < 4.78 is 0. The normalized spacial score (nSPS) is 12.1. The molecule has 5 nitrogen and oxygen atoms in total. The van der Waals surface area contributed by atoms with Crippen LogP contribution in [0.3, 0.4) is 0 Å². The van der Waals surface area contributed by atoms with Gasteiger partial charge in [0, 0.05) is 30.2 Å². The molecule has 19 heavy (non-hydrogen) atoms. The van der Waals surface area contributed by atoms with Crippen LogP contribution in [0.5, 0.6) is 0 Å². The second-order valence-corrected chi connectivity index (χ2v) is 5.41. The summed E-state index contributed by atoms with van der Waals surface area (Å²) in [5.41, 5.74) is 5.89. The highest BCUT2D eigenvalue weighted by atomic mass is 35.5. The van der Waals surface area contributed by atoms with Crippen molar-refractivity contribution in [2.45, 2.75) is 12.8 Å². The quantitative estimate of drug-likeness (QED) is 0.907. The van der Waals surface area contributed by atoms with Gasteiger partial charge >= 0.3 is 0 Å². The number of aromatic nitrogens is 2. The van der Waals surface area contributed by atoms with Crippen molar-refractivity contribution in [3.05, 3.63) is 39.4 Å². The summed E-state index contributed by atoms with van der Waals surface area (Å²) in [4.78, 5) is 20.0. The molecule has 2 aromatic rings. The van der Waals surface area contributed by atoms with E-state index in [1.165, 1.54) is 12.3 Å². The van der Waals surface area contributed by atoms with Crippen LogP contribution < -0.4 is 11.1 Å². The molecule has 7 heteroatoms. The lowest BCUT2D eigenvalue weighted by Gasteiger charge is -2.10. The number of hydrogen-bond acceptors (Lipinski definition) is 5. The summed E-state index contributed by atoms with van der Waals surface area (Å²) >= 11 is 7.40. The number of nitrogens with two attached hydrogens (primary N) is 1. The van der Waals surface area contributed by atoms with E-state index in [-0.39, 0.29) is 22.7 Å². The molecule has 2 rings (SSSR count). The number of nitrogens with zero attached hydrogens (tertiary/aromatic N) is 2. The lowest BCUT2D eigenvalue weighted by molar-refractivity contribution is 0.0951. The average Bonchev–Trinajstić information content (AvgIpc) is 2.92. The minimum Gasteiger partial charge on any atom is -0.382 e. The maximum Gasteiger partial charge on any atom is 0.252 e. The first-order valence-electron chi connectivity index (χ1n) is 5.66. The molecule has 0 aliphatic rings. The van der Waals surface area contributed by atoms with E-state index in [1.807, 2.05) is 12.3 Å². The molecule has 100 valence electrons. The topological polar surface area (TPSA) is 80.9 Å². The molecule has 0 aliphatic carbocycles. The summed E-state index contributed by atoms with van der Waals surface area (Å²) in [5.74, 6) is 0.160. The van der Waals surface area contributed by atoms with Crippen molar-refractivity contribution in [2.24, 2.45) is 0 Å². The number of rotatable bonds is 4. The molecule has 2 aromatic heterocycles. The van der Waals surface area contributed by atoms with Crippen molar-refractivity contribution >= 4 is 34.7 Å². The Morgan fingerprint density at radius 2 is 2.37 bits per heavy atom. The van der Waals surface area contributed by atoms with Gasteiger partial charge in [-0.1, -0.05) is 18.5 Å². The largest absolute Gasteiger partial charge is 0.382 e. The number of thiazole rings is 1. The fourth-order valence-electron chi connectivity index (χ4n) is 1.49. The van der Waals surface area contributed by atoms with Gasteiger partial charge in [-0.3, -0.25) is 4.79 Å². The molecular weight excluding hydrogens is 284 g/mol. The van der Waals surface area contributed by atoms with Crippen molar-refractivity contribution in [1.82, 2.24) is 15.3 Å². The molecule has 1 unspecified atom stereocenters. The Balaban J connectivity index is 1.96. The van der Waals surface area contributed by atoms with Gasteiger partial charge in [-0.15, -0.1) is 11.3 Å². The maximum atomic E-state index is 11.9. The van der Waals surface area contributed by atoms with Gasteiger partial charge in [0.05, 0.1) is 15.6 Å². The summed E-state index contributed by atoms with van der Waals surface area (Å²) in [7, 11) is 0. The van der Waals surface area contributed by atoms with E-state index in [0.29, 0.717) is 12.1 Å². The third-order valence-corrected chi connectivity index (χ3v) is 3.88. The number of pyridine rings is 1. The van der Waals surface area contributed by atoms with Crippen molar-refractivity contribution in [1.29, 1.82) is 0 Å². The molecule has 1 amide bonds. The lowest BCUT2D eigenvalue weighted by atomic mass is 10.2. The van der Waals surface area contributed by atoms with E-state index < -0.39 is 0 Å². The molecule has 1 atom stereocenters. The summed E-state index contributed by atoms with van der Waals surface area (Å²) in [6, 6.07) is 1.51. The molecule has 0 saturated carbocycles. The third kappa shape index (κ3) is 3.42. The van der Waals surface area contributed by atoms with Gasteiger partial charge in [0.2, 0.25) is 0 Å². The minimum absolute atomic E-state index is 0.168. The predicted octanol–water partition coefficient (Wildman–Crippen LogP) is 2.31. The zero-order chi connectivity index (χ0) is 13.8. The fourth-order valence-corrected chi connectivity index (χ4v) is 2.35.